The Hall–Kier alpha value is -2.32. The normalized spacial score (nSPS) is 18.8. The number of nitrogens with one attached hydrogen (secondary N) is 1. The van der Waals surface area contributed by atoms with Crippen LogP contribution in [0.15, 0.2) is 17.3 Å². The van der Waals surface area contributed by atoms with Gasteiger partial charge in [-0.25, -0.2) is 4.79 Å². The van der Waals surface area contributed by atoms with Gasteiger partial charge in [-0.3, -0.25) is 4.79 Å². The van der Waals surface area contributed by atoms with Gasteiger partial charge in [0, 0.05) is 5.56 Å². The molecule has 1 fully saturated rings. The highest BCUT2D eigenvalue weighted by Gasteiger charge is 2.53. The maximum Gasteiger partial charge on any atom is 0.337 e. The molecule has 1 aromatic rings. The Balaban J connectivity index is 2.22. The number of esters is 1. The van der Waals surface area contributed by atoms with Gasteiger partial charge >= 0.3 is 5.97 Å². The molecule has 8 nitrogen and oxygen atoms in total. The predicted molar refractivity (Wildman–Crippen MR) is 65.4 cm³/mol. The summed E-state index contributed by atoms with van der Waals surface area (Å²) in [6.07, 6.45) is 0. The van der Waals surface area contributed by atoms with E-state index in [0.717, 1.165) is 0 Å². The Morgan fingerprint density at radius 1 is 1.40 bits per heavy atom. The molecule has 2 heterocycles. The van der Waals surface area contributed by atoms with Gasteiger partial charge in [-0.15, -0.1) is 4.91 Å². The number of rotatable bonds is 2. The summed E-state index contributed by atoms with van der Waals surface area (Å²) in [5.74, 6) is -2.80. The van der Waals surface area contributed by atoms with Crippen molar-refractivity contribution in [2.45, 2.75) is 5.79 Å². The fourth-order valence-corrected chi connectivity index (χ4v) is 2.34. The summed E-state index contributed by atoms with van der Waals surface area (Å²) in [5, 5.41) is 5.32. The molecule has 0 atom stereocenters. The molecule has 0 bridgehead atoms. The highest BCUT2D eigenvalue weighted by atomic mass is 16.7. The van der Waals surface area contributed by atoms with Gasteiger partial charge in [-0.2, -0.15) is 0 Å². The number of benzene rings is 1. The summed E-state index contributed by atoms with van der Waals surface area (Å²) in [6.45, 7) is 0.471. The molecule has 8 heteroatoms. The van der Waals surface area contributed by atoms with Gasteiger partial charge in [0.2, 0.25) is 0 Å². The van der Waals surface area contributed by atoms with Crippen LogP contribution in [-0.4, -0.2) is 32.2 Å². The van der Waals surface area contributed by atoms with Crippen LogP contribution in [0.4, 0.5) is 11.4 Å². The van der Waals surface area contributed by atoms with E-state index < -0.39 is 17.7 Å². The molecule has 0 saturated carbocycles. The Labute approximate surface area is 113 Å². The molecule has 0 radical (unpaired) electrons. The van der Waals surface area contributed by atoms with Crippen molar-refractivity contribution >= 4 is 23.3 Å². The zero-order chi connectivity index (χ0) is 14.3. The van der Waals surface area contributed by atoms with Gasteiger partial charge in [-0.05, 0) is 17.3 Å². The van der Waals surface area contributed by atoms with Crippen LogP contribution in [0, 0.1) is 4.91 Å². The van der Waals surface area contributed by atoms with E-state index in [-0.39, 0.29) is 35.7 Å². The number of hydrogen-bond donors (Lipinski definition) is 1. The van der Waals surface area contributed by atoms with Crippen molar-refractivity contribution in [1.82, 2.24) is 0 Å². The number of methoxy groups -OCH3 is 1. The number of ether oxygens (including phenoxy) is 3. The molecular weight excluding hydrogens is 268 g/mol. The van der Waals surface area contributed by atoms with Crippen molar-refractivity contribution in [3.63, 3.8) is 0 Å². The Kier molecular flexibility index (Phi) is 2.77. The van der Waals surface area contributed by atoms with E-state index in [2.05, 4.69) is 15.2 Å². The molecule has 2 aliphatic rings. The monoisotopic (exact) mass is 278 g/mol. The van der Waals surface area contributed by atoms with Gasteiger partial charge in [-0.1, -0.05) is 0 Å². The molecular formula is C12H10N2O6. The smallest absolute Gasteiger partial charge is 0.337 e. The van der Waals surface area contributed by atoms with Gasteiger partial charge in [0.05, 0.1) is 31.6 Å². The molecule has 2 aliphatic heterocycles. The van der Waals surface area contributed by atoms with Crippen LogP contribution in [0.25, 0.3) is 0 Å². The molecule has 0 aliphatic carbocycles. The van der Waals surface area contributed by atoms with Crippen LogP contribution >= 0.6 is 0 Å². The molecule has 1 N–H and O–H groups in total. The van der Waals surface area contributed by atoms with E-state index in [1.54, 1.807) is 0 Å². The number of carbonyl (C=O) groups excluding carboxylic acids is 2. The first-order chi connectivity index (χ1) is 9.62. The second kappa shape index (κ2) is 4.36. The van der Waals surface area contributed by atoms with E-state index >= 15 is 0 Å². The van der Waals surface area contributed by atoms with E-state index in [0.29, 0.717) is 0 Å². The number of nitroso groups, excluding NO2 is 1. The molecule has 1 aromatic carbocycles. The van der Waals surface area contributed by atoms with Crippen molar-refractivity contribution in [2.24, 2.45) is 5.18 Å². The quantitative estimate of drug-likeness (QED) is 0.640. The third-order valence-electron chi connectivity index (χ3n) is 3.22. The van der Waals surface area contributed by atoms with Gasteiger partial charge < -0.3 is 19.5 Å². The van der Waals surface area contributed by atoms with E-state index in [4.69, 9.17) is 9.47 Å². The van der Waals surface area contributed by atoms with Crippen molar-refractivity contribution in [1.29, 1.82) is 0 Å². The number of nitrogens with zero attached hydrogens (tertiary/aromatic N) is 1. The Bertz CT molecular complexity index is 621. The topological polar surface area (TPSA) is 103 Å². The van der Waals surface area contributed by atoms with Crippen molar-refractivity contribution in [2.75, 3.05) is 25.6 Å². The third kappa shape index (κ3) is 1.55. The lowest BCUT2D eigenvalue weighted by molar-refractivity contribution is -0.178. The summed E-state index contributed by atoms with van der Waals surface area (Å²) >= 11 is 0. The van der Waals surface area contributed by atoms with Crippen LogP contribution < -0.4 is 5.32 Å². The largest absolute Gasteiger partial charge is 0.465 e. The first-order valence-corrected chi connectivity index (χ1v) is 5.82. The summed E-state index contributed by atoms with van der Waals surface area (Å²) < 4.78 is 15.4. The fourth-order valence-electron chi connectivity index (χ4n) is 2.34. The second-order valence-electron chi connectivity index (χ2n) is 4.27. The molecule has 1 amide bonds. The van der Waals surface area contributed by atoms with Crippen LogP contribution in [-0.2, 0) is 24.8 Å². The van der Waals surface area contributed by atoms with E-state index in [9.17, 15) is 14.5 Å². The number of amides is 1. The maximum absolute atomic E-state index is 12.1. The zero-order valence-corrected chi connectivity index (χ0v) is 10.5. The first kappa shape index (κ1) is 12.7. The summed E-state index contributed by atoms with van der Waals surface area (Å²) in [6, 6.07) is 2.64. The SMILES string of the molecule is COC(=O)c1cc(N=O)c2c(c1)C1(OCCO1)C(=O)N2. The minimum atomic E-state index is -1.61. The molecule has 1 spiro atoms. The molecule has 20 heavy (non-hydrogen) atoms. The average molecular weight is 278 g/mol. The van der Waals surface area contributed by atoms with Crippen molar-refractivity contribution in [3.8, 4) is 0 Å². The number of carbonyl (C=O) groups is 2. The number of hydrogen-bond acceptors (Lipinski definition) is 7. The lowest BCUT2D eigenvalue weighted by Gasteiger charge is -2.19. The molecule has 1 saturated heterocycles. The van der Waals surface area contributed by atoms with Crippen LogP contribution in [0.3, 0.4) is 0 Å². The standard InChI is InChI=1S/C12H10N2O6/c1-18-10(15)6-4-7-9(8(5-6)14-17)13-11(16)12(7)19-2-3-20-12/h4-5H,2-3H2,1H3,(H,13,16). The zero-order valence-electron chi connectivity index (χ0n) is 10.5. The van der Waals surface area contributed by atoms with Crippen LogP contribution in [0.1, 0.15) is 15.9 Å². The summed E-state index contributed by atoms with van der Waals surface area (Å²) in [4.78, 5) is 34.6. The van der Waals surface area contributed by atoms with Crippen molar-refractivity contribution in [3.05, 3.63) is 28.2 Å². The molecule has 104 valence electrons. The summed E-state index contributed by atoms with van der Waals surface area (Å²) in [7, 11) is 1.21. The van der Waals surface area contributed by atoms with Crippen LogP contribution in [0.5, 0.6) is 0 Å². The number of fused-ring (bicyclic) bond motifs is 2. The Morgan fingerprint density at radius 2 is 2.10 bits per heavy atom. The molecule has 0 aromatic heterocycles. The average Bonchev–Trinajstić information content (AvgIpc) is 3.06. The van der Waals surface area contributed by atoms with E-state index in [1.165, 1.54) is 19.2 Å². The molecule has 0 unspecified atom stereocenters. The van der Waals surface area contributed by atoms with Crippen molar-refractivity contribution < 1.29 is 23.8 Å². The van der Waals surface area contributed by atoms with Crippen LogP contribution in [0.2, 0.25) is 0 Å². The van der Waals surface area contributed by atoms with Gasteiger partial charge in [0.15, 0.2) is 0 Å². The Morgan fingerprint density at radius 3 is 2.70 bits per heavy atom. The van der Waals surface area contributed by atoms with E-state index in [1.807, 2.05) is 0 Å². The first-order valence-electron chi connectivity index (χ1n) is 5.82. The highest BCUT2D eigenvalue weighted by molar-refractivity contribution is 6.08. The summed E-state index contributed by atoms with van der Waals surface area (Å²) in [5.41, 5.74) is 0.472. The lowest BCUT2D eigenvalue weighted by atomic mass is 10.0. The minimum absolute atomic E-state index is 0.0766. The predicted octanol–water partition coefficient (Wildman–Crippen LogP) is 1.02. The minimum Gasteiger partial charge on any atom is -0.465 e. The fraction of sp³-hybridized carbons (Fsp3) is 0.333. The number of anilines is 1. The van der Waals surface area contributed by atoms with Gasteiger partial charge in [0.1, 0.15) is 5.69 Å². The lowest BCUT2D eigenvalue weighted by Crippen LogP contribution is -2.35. The third-order valence-corrected chi connectivity index (χ3v) is 3.22. The highest BCUT2D eigenvalue weighted by Crippen LogP contribution is 2.47. The second-order valence-corrected chi connectivity index (χ2v) is 4.27. The maximum atomic E-state index is 12.1. The molecule has 3 rings (SSSR count). The van der Waals surface area contributed by atoms with Gasteiger partial charge in [0.25, 0.3) is 11.7 Å².